The molecule has 0 bridgehead atoms. The van der Waals surface area contributed by atoms with Crippen molar-refractivity contribution in [1.82, 2.24) is 10.6 Å². The Morgan fingerprint density at radius 3 is 2.60 bits per heavy atom. The van der Waals surface area contributed by atoms with Crippen LogP contribution in [0.1, 0.15) is 25.7 Å². The molecule has 86 valence electrons. The molecular formula is C11H20N2O2. The van der Waals surface area contributed by atoms with Gasteiger partial charge < -0.3 is 15.4 Å². The average molecular weight is 212 g/mol. The number of carbonyl (C=O) groups excluding carboxylic acids is 1. The SMILES string of the molecule is COC(=O)C1(C2CCNCC2)CCCN1. The van der Waals surface area contributed by atoms with Crippen molar-refractivity contribution in [2.45, 2.75) is 31.2 Å². The second-order valence-electron chi connectivity index (χ2n) is 4.52. The fourth-order valence-corrected chi connectivity index (χ4v) is 2.95. The summed E-state index contributed by atoms with van der Waals surface area (Å²) in [7, 11) is 1.49. The molecule has 0 radical (unpaired) electrons. The number of methoxy groups -OCH3 is 1. The van der Waals surface area contributed by atoms with Crippen molar-refractivity contribution in [2.24, 2.45) is 5.92 Å². The van der Waals surface area contributed by atoms with Gasteiger partial charge in [0.05, 0.1) is 7.11 Å². The van der Waals surface area contributed by atoms with Gasteiger partial charge in [-0.3, -0.25) is 4.79 Å². The zero-order valence-corrected chi connectivity index (χ0v) is 9.34. The molecule has 2 fully saturated rings. The first-order valence-electron chi connectivity index (χ1n) is 5.84. The summed E-state index contributed by atoms with van der Waals surface area (Å²) in [5, 5.41) is 6.72. The molecule has 0 saturated carbocycles. The lowest BCUT2D eigenvalue weighted by molar-refractivity contribution is -0.151. The lowest BCUT2D eigenvalue weighted by Gasteiger charge is -2.37. The summed E-state index contributed by atoms with van der Waals surface area (Å²) < 4.78 is 4.97. The highest BCUT2D eigenvalue weighted by molar-refractivity contribution is 5.81. The van der Waals surface area contributed by atoms with Crippen LogP contribution in [0.15, 0.2) is 0 Å². The van der Waals surface area contributed by atoms with E-state index in [0.29, 0.717) is 5.92 Å². The molecule has 1 atom stereocenters. The lowest BCUT2D eigenvalue weighted by Crippen LogP contribution is -2.56. The Morgan fingerprint density at radius 2 is 2.07 bits per heavy atom. The average Bonchev–Trinajstić information content (AvgIpc) is 2.79. The van der Waals surface area contributed by atoms with E-state index in [-0.39, 0.29) is 11.5 Å². The number of carbonyl (C=O) groups is 1. The van der Waals surface area contributed by atoms with Gasteiger partial charge >= 0.3 is 5.97 Å². The maximum atomic E-state index is 11.9. The first kappa shape index (κ1) is 10.9. The lowest BCUT2D eigenvalue weighted by atomic mass is 9.77. The molecule has 2 N–H and O–H groups in total. The second-order valence-corrected chi connectivity index (χ2v) is 4.52. The van der Waals surface area contributed by atoms with E-state index in [1.807, 2.05) is 0 Å². The third-order valence-corrected chi connectivity index (χ3v) is 3.77. The fourth-order valence-electron chi connectivity index (χ4n) is 2.95. The Labute approximate surface area is 90.8 Å². The molecule has 4 nitrogen and oxygen atoms in total. The Balaban J connectivity index is 2.13. The van der Waals surface area contributed by atoms with E-state index in [2.05, 4.69) is 10.6 Å². The normalized spacial score (nSPS) is 32.9. The third kappa shape index (κ3) is 1.88. The molecule has 0 aliphatic carbocycles. The first-order chi connectivity index (χ1) is 7.29. The number of nitrogens with one attached hydrogen (secondary N) is 2. The van der Waals surface area contributed by atoms with Gasteiger partial charge in [-0.2, -0.15) is 0 Å². The minimum Gasteiger partial charge on any atom is -0.468 e. The number of rotatable bonds is 2. The van der Waals surface area contributed by atoms with E-state index >= 15 is 0 Å². The number of ether oxygens (including phenoxy) is 1. The summed E-state index contributed by atoms with van der Waals surface area (Å²) in [6, 6.07) is 0. The summed E-state index contributed by atoms with van der Waals surface area (Å²) in [6.07, 6.45) is 4.16. The van der Waals surface area contributed by atoms with E-state index < -0.39 is 0 Å². The molecule has 0 aromatic heterocycles. The molecule has 0 aromatic rings. The Kier molecular flexibility index (Phi) is 3.26. The molecular weight excluding hydrogens is 192 g/mol. The molecule has 0 aromatic carbocycles. The second kappa shape index (κ2) is 4.49. The molecule has 0 spiro atoms. The van der Waals surface area contributed by atoms with Gasteiger partial charge in [-0.25, -0.2) is 0 Å². The maximum absolute atomic E-state index is 11.9. The molecule has 0 amide bonds. The van der Waals surface area contributed by atoms with Crippen molar-refractivity contribution in [3.8, 4) is 0 Å². The Hall–Kier alpha value is -0.610. The Bertz CT molecular complexity index is 231. The van der Waals surface area contributed by atoms with Crippen LogP contribution in [0.3, 0.4) is 0 Å². The smallest absolute Gasteiger partial charge is 0.326 e. The minimum absolute atomic E-state index is 0.0631. The number of hydrogen-bond acceptors (Lipinski definition) is 4. The predicted octanol–water partition coefficient (Wildman–Crippen LogP) is 0.281. The van der Waals surface area contributed by atoms with Crippen LogP contribution in [0.4, 0.5) is 0 Å². The van der Waals surface area contributed by atoms with E-state index in [1.165, 1.54) is 7.11 Å². The maximum Gasteiger partial charge on any atom is 0.326 e. The minimum atomic E-state index is -0.378. The van der Waals surface area contributed by atoms with Crippen molar-refractivity contribution >= 4 is 5.97 Å². The van der Waals surface area contributed by atoms with Crippen LogP contribution in [-0.4, -0.2) is 38.3 Å². The largest absolute Gasteiger partial charge is 0.468 e. The monoisotopic (exact) mass is 212 g/mol. The summed E-state index contributed by atoms with van der Waals surface area (Å²) >= 11 is 0. The van der Waals surface area contributed by atoms with Gasteiger partial charge in [0.2, 0.25) is 0 Å². The number of piperidine rings is 1. The van der Waals surface area contributed by atoms with Crippen molar-refractivity contribution in [3.05, 3.63) is 0 Å². The van der Waals surface area contributed by atoms with E-state index in [0.717, 1.165) is 45.3 Å². The van der Waals surface area contributed by atoms with Crippen molar-refractivity contribution in [2.75, 3.05) is 26.7 Å². The molecule has 4 heteroatoms. The summed E-state index contributed by atoms with van der Waals surface area (Å²) in [6.45, 7) is 2.98. The van der Waals surface area contributed by atoms with Crippen LogP contribution in [0, 0.1) is 5.92 Å². The third-order valence-electron chi connectivity index (χ3n) is 3.77. The van der Waals surface area contributed by atoms with Crippen LogP contribution < -0.4 is 10.6 Å². The predicted molar refractivity (Wildman–Crippen MR) is 57.6 cm³/mol. The Morgan fingerprint density at radius 1 is 1.33 bits per heavy atom. The number of esters is 1. The van der Waals surface area contributed by atoms with Gasteiger partial charge in [0, 0.05) is 0 Å². The van der Waals surface area contributed by atoms with E-state index in [9.17, 15) is 4.79 Å². The van der Waals surface area contributed by atoms with Crippen molar-refractivity contribution < 1.29 is 9.53 Å². The molecule has 2 rings (SSSR count). The van der Waals surface area contributed by atoms with Crippen LogP contribution >= 0.6 is 0 Å². The molecule has 2 saturated heterocycles. The van der Waals surface area contributed by atoms with Gasteiger partial charge in [0.15, 0.2) is 0 Å². The van der Waals surface area contributed by atoms with Crippen LogP contribution in [0.5, 0.6) is 0 Å². The zero-order valence-electron chi connectivity index (χ0n) is 9.34. The van der Waals surface area contributed by atoms with E-state index in [1.54, 1.807) is 0 Å². The van der Waals surface area contributed by atoms with Crippen LogP contribution in [0.25, 0.3) is 0 Å². The van der Waals surface area contributed by atoms with Crippen LogP contribution in [-0.2, 0) is 9.53 Å². The van der Waals surface area contributed by atoms with Crippen LogP contribution in [0.2, 0.25) is 0 Å². The quantitative estimate of drug-likeness (QED) is 0.646. The first-order valence-corrected chi connectivity index (χ1v) is 5.84. The molecule has 2 heterocycles. The fraction of sp³-hybridized carbons (Fsp3) is 0.909. The van der Waals surface area contributed by atoms with Crippen molar-refractivity contribution in [3.63, 3.8) is 0 Å². The highest BCUT2D eigenvalue weighted by atomic mass is 16.5. The van der Waals surface area contributed by atoms with Gasteiger partial charge in [-0.1, -0.05) is 0 Å². The zero-order chi connectivity index (χ0) is 10.7. The molecule has 15 heavy (non-hydrogen) atoms. The number of hydrogen-bond donors (Lipinski definition) is 2. The molecule has 1 unspecified atom stereocenters. The summed E-state index contributed by atoms with van der Waals surface area (Å²) in [4.78, 5) is 11.9. The van der Waals surface area contributed by atoms with Gasteiger partial charge in [0.1, 0.15) is 5.54 Å². The summed E-state index contributed by atoms with van der Waals surface area (Å²) in [5.41, 5.74) is -0.378. The molecule has 2 aliphatic heterocycles. The highest BCUT2D eigenvalue weighted by Gasteiger charge is 2.48. The molecule has 2 aliphatic rings. The van der Waals surface area contributed by atoms with Crippen molar-refractivity contribution in [1.29, 1.82) is 0 Å². The van der Waals surface area contributed by atoms with Gasteiger partial charge in [-0.15, -0.1) is 0 Å². The standard InChI is InChI=1S/C11H20N2O2/c1-15-10(14)11(5-2-6-13-11)9-3-7-12-8-4-9/h9,12-13H,2-8H2,1H3. The van der Waals surface area contributed by atoms with Gasteiger partial charge in [0.25, 0.3) is 0 Å². The summed E-state index contributed by atoms with van der Waals surface area (Å²) in [5.74, 6) is 0.376. The van der Waals surface area contributed by atoms with Gasteiger partial charge in [-0.05, 0) is 51.2 Å². The van der Waals surface area contributed by atoms with E-state index in [4.69, 9.17) is 4.74 Å². The topological polar surface area (TPSA) is 50.4 Å². The highest BCUT2D eigenvalue weighted by Crippen LogP contribution is 2.34.